The molecule has 0 aromatic carbocycles. The van der Waals surface area contributed by atoms with Crippen molar-refractivity contribution in [3.8, 4) is 0 Å². The Bertz CT molecular complexity index is 665. The molecule has 0 bridgehead atoms. The summed E-state index contributed by atoms with van der Waals surface area (Å²) in [5, 5.41) is 70.1. The maximum Gasteiger partial charge on any atom is 0.332 e. The number of aliphatic hydroxyl groups excluding tert-OH is 6. The molecule has 3 fully saturated rings. The van der Waals surface area contributed by atoms with Crippen LogP contribution in [0.5, 0.6) is 0 Å². The van der Waals surface area contributed by atoms with Gasteiger partial charge in [0, 0.05) is 0 Å². The second-order valence-corrected chi connectivity index (χ2v) is 9.10. The molecule has 0 spiro atoms. The van der Waals surface area contributed by atoms with Crippen molar-refractivity contribution < 1.29 is 64.2 Å². The summed E-state index contributed by atoms with van der Waals surface area (Å²) in [5.74, 6) is -1.29. The lowest BCUT2D eigenvalue weighted by atomic mass is 9.93. The molecule has 2 aliphatic heterocycles. The van der Waals surface area contributed by atoms with E-state index in [1.165, 1.54) is 13.8 Å². The van der Waals surface area contributed by atoms with Gasteiger partial charge in [-0.2, -0.15) is 0 Å². The van der Waals surface area contributed by atoms with Crippen LogP contribution >= 0.6 is 0 Å². The Balaban J connectivity index is 1.70. The Labute approximate surface area is 196 Å². The molecule has 13 atom stereocenters. The summed E-state index contributed by atoms with van der Waals surface area (Å²) in [6.07, 6.45) is -13.3. The van der Waals surface area contributed by atoms with E-state index in [-0.39, 0.29) is 0 Å². The molecule has 0 unspecified atom stereocenters. The van der Waals surface area contributed by atoms with E-state index in [0.29, 0.717) is 12.8 Å². The fourth-order valence-electron chi connectivity index (χ4n) is 4.46. The molecule has 2 saturated heterocycles. The molecule has 0 radical (unpaired) electrons. The molecule has 2 heterocycles. The first kappa shape index (κ1) is 27.6. The van der Waals surface area contributed by atoms with E-state index in [4.69, 9.17) is 28.8 Å². The highest BCUT2D eigenvalue weighted by Gasteiger charge is 2.49. The molecule has 198 valence electrons. The Morgan fingerprint density at radius 1 is 0.882 bits per heavy atom. The first-order chi connectivity index (χ1) is 16.0. The number of carboxylic acid groups (broad SMARTS) is 1. The highest BCUT2D eigenvalue weighted by molar-refractivity contribution is 5.71. The van der Waals surface area contributed by atoms with Crippen molar-refractivity contribution in [3.63, 3.8) is 0 Å². The molecular weight excluding hydrogens is 460 g/mol. The highest BCUT2D eigenvalue weighted by atomic mass is 16.7. The van der Waals surface area contributed by atoms with E-state index in [2.05, 4.69) is 0 Å². The van der Waals surface area contributed by atoms with Crippen molar-refractivity contribution in [1.29, 1.82) is 0 Å². The van der Waals surface area contributed by atoms with Gasteiger partial charge >= 0.3 is 5.97 Å². The largest absolute Gasteiger partial charge is 0.479 e. The Morgan fingerprint density at radius 2 is 1.44 bits per heavy atom. The average molecular weight is 497 g/mol. The molecule has 3 aliphatic rings. The number of aliphatic hydroxyl groups is 6. The van der Waals surface area contributed by atoms with Gasteiger partial charge in [0.25, 0.3) is 0 Å². The van der Waals surface area contributed by atoms with Gasteiger partial charge in [0.2, 0.25) is 0 Å². The summed E-state index contributed by atoms with van der Waals surface area (Å²) in [5.41, 5.74) is 0. The molecule has 0 aromatic heterocycles. The van der Waals surface area contributed by atoms with Crippen molar-refractivity contribution in [3.05, 3.63) is 0 Å². The first-order valence-electron chi connectivity index (χ1n) is 11.6. The second-order valence-electron chi connectivity index (χ2n) is 9.10. The molecule has 34 heavy (non-hydrogen) atoms. The molecule has 13 nitrogen and oxygen atoms in total. The first-order valence-corrected chi connectivity index (χ1v) is 11.6. The van der Waals surface area contributed by atoms with Gasteiger partial charge in [0.1, 0.15) is 42.7 Å². The van der Waals surface area contributed by atoms with Gasteiger partial charge < -0.3 is 59.4 Å². The van der Waals surface area contributed by atoms with Gasteiger partial charge in [0.05, 0.1) is 24.9 Å². The third-order valence-corrected chi connectivity index (χ3v) is 6.60. The van der Waals surface area contributed by atoms with Gasteiger partial charge in [-0.25, -0.2) is 4.79 Å². The molecule has 0 amide bonds. The number of ether oxygens (including phenoxy) is 5. The number of hydrogen-bond donors (Lipinski definition) is 7. The SMILES string of the molecule is C[C@@H]1O[C@@H](O[C@@H]2CCCC[C@H]2O[C@@H]2O[C@H](CO)[C@H](O)[C@H](O[C@H](C)C(=O)O)[C@H]2O)[C@@H](O)[C@H](O)[C@@H]1O. The van der Waals surface area contributed by atoms with Crippen molar-refractivity contribution in [2.45, 2.75) is 119 Å². The van der Waals surface area contributed by atoms with Crippen LogP contribution in [0.1, 0.15) is 39.5 Å². The second kappa shape index (κ2) is 11.8. The maximum atomic E-state index is 11.2. The summed E-state index contributed by atoms with van der Waals surface area (Å²) >= 11 is 0. The predicted molar refractivity (Wildman–Crippen MR) is 110 cm³/mol. The lowest BCUT2D eigenvalue weighted by Gasteiger charge is -2.45. The third-order valence-electron chi connectivity index (χ3n) is 6.60. The minimum Gasteiger partial charge on any atom is -0.479 e. The summed E-state index contributed by atoms with van der Waals surface area (Å²) in [6, 6.07) is 0. The predicted octanol–water partition coefficient (Wildman–Crippen LogP) is -2.54. The van der Waals surface area contributed by atoms with E-state index in [0.717, 1.165) is 12.8 Å². The van der Waals surface area contributed by atoms with Gasteiger partial charge in [-0.1, -0.05) is 12.8 Å². The van der Waals surface area contributed by atoms with Crippen LogP contribution in [0.25, 0.3) is 0 Å². The number of hydrogen-bond acceptors (Lipinski definition) is 12. The van der Waals surface area contributed by atoms with Crippen LogP contribution in [0.15, 0.2) is 0 Å². The summed E-state index contributed by atoms with van der Waals surface area (Å²) in [7, 11) is 0. The van der Waals surface area contributed by atoms with Gasteiger partial charge in [-0.05, 0) is 26.7 Å². The standard InChI is InChI=1S/C21H36O13/c1-8-13(23)15(25)16(26)20(31-8)32-10-5-3-4-6-11(10)33-21-17(27)18(30-9(2)19(28)29)14(24)12(7-22)34-21/h8-18,20-27H,3-7H2,1-2H3,(H,28,29)/t8-,9+,10+,11+,12+,13+,14-,15+,16-,17+,18-,20-,21+/m0/s1. The van der Waals surface area contributed by atoms with Crippen molar-refractivity contribution >= 4 is 5.97 Å². The zero-order chi connectivity index (χ0) is 25.2. The van der Waals surface area contributed by atoms with Crippen LogP contribution in [0.2, 0.25) is 0 Å². The average Bonchev–Trinajstić information content (AvgIpc) is 2.81. The smallest absolute Gasteiger partial charge is 0.332 e. The normalized spacial score (nSPS) is 46.7. The van der Waals surface area contributed by atoms with Crippen LogP contribution in [0, 0.1) is 0 Å². The van der Waals surface area contributed by atoms with E-state index in [1.54, 1.807) is 0 Å². The molecule has 1 aliphatic carbocycles. The molecule has 3 rings (SSSR count). The van der Waals surface area contributed by atoms with Crippen molar-refractivity contribution in [2.75, 3.05) is 6.61 Å². The fourth-order valence-corrected chi connectivity index (χ4v) is 4.46. The number of carboxylic acids is 1. The van der Waals surface area contributed by atoms with Gasteiger partial charge in [0.15, 0.2) is 18.7 Å². The van der Waals surface area contributed by atoms with Crippen molar-refractivity contribution in [1.82, 2.24) is 0 Å². The highest BCUT2D eigenvalue weighted by Crippen LogP contribution is 2.33. The molecular formula is C21H36O13. The Morgan fingerprint density at radius 3 is 1.97 bits per heavy atom. The number of rotatable bonds is 8. The van der Waals surface area contributed by atoms with Crippen LogP contribution in [0.4, 0.5) is 0 Å². The third kappa shape index (κ3) is 6.05. The van der Waals surface area contributed by atoms with E-state index in [1.807, 2.05) is 0 Å². The topological polar surface area (TPSA) is 205 Å². The molecule has 0 aromatic rings. The molecule has 7 N–H and O–H groups in total. The van der Waals surface area contributed by atoms with Crippen molar-refractivity contribution in [2.24, 2.45) is 0 Å². The van der Waals surface area contributed by atoms with E-state index >= 15 is 0 Å². The fraction of sp³-hybridized carbons (Fsp3) is 0.952. The van der Waals surface area contributed by atoms with Crippen LogP contribution in [-0.4, -0.2) is 128 Å². The Kier molecular flexibility index (Phi) is 9.62. The minimum atomic E-state index is -1.57. The van der Waals surface area contributed by atoms with Crippen LogP contribution in [0.3, 0.4) is 0 Å². The molecule has 1 saturated carbocycles. The summed E-state index contributed by atoms with van der Waals surface area (Å²) in [6.45, 7) is 2.16. The lowest BCUT2D eigenvalue weighted by molar-refractivity contribution is -0.344. The monoisotopic (exact) mass is 496 g/mol. The lowest BCUT2D eigenvalue weighted by Crippen LogP contribution is -2.62. The van der Waals surface area contributed by atoms with E-state index < -0.39 is 92.3 Å². The zero-order valence-electron chi connectivity index (χ0n) is 19.1. The summed E-state index contributed by atoms with van der Waals surface area (Å²) in [4.78, 5) is 11.2. The minimum absolute atomic E-state index is 0.490. The number of aliphatic carboxylic acids is 1. The van der Waals surface area contributed by atoms with Gasteiger partial charge in [-0.3, -0.25) is 0 Å². The summed E-state index contributed by atoms with van der Waals surface area (Å²) < 4.78 is 28.2. The number of carbonyl (C=O) groups is 1. The Hall–Kier alpha value is -0.970. The molecule has 13 heteroatoms. The zero-order valence-corrected chi connectivity index (χ0v) is 19.1. The van der Waals surface area contributed by atoms with Gasteiger partial charge in [-0.15, -0.1) is 0 Å². The van der Waals surface area contributed by atoms with Crippen LogP contribution < -0.4 is 0 Å². The van der Waals surface area contributed by atoms with Crippen LogP contribution in [-0.2, 0) is 28.5 Å². The quantitative estimate of drug-likeness (QED) is 0.185. The van der Waals surface area contributed by atoms with E-state index in [9.17, 15) is 35.4 Å². The maximum absolute atomic E-state index is 11.2.